The molecule has 190 valence electrons. The first-order valence-corrected chi connectivity index (χ1v) is 11.7. The second-order valence-electron chi connectivity index (χ2n) is 8.43. The maximum Gasteiger partial charge on any atom is 0.387 e. The molecule has 0 radical (unpaired) electrons. The van der Waals surface area contributed by atoms with Crippen LogP contribution in [0.4, 0.5) is 14.6 Å². The molecule has 2 heterocycles. The van der Waals surface area contributed by atoms with Crippen molar-refractivity contribution in [2.24, 2.45) is 0 Å². The van der Waals surface area contributed by atoms with Gasteiger partial charge in [-0.3, -0.25) is 9.36 Å². The molecule has 0 saturated carbocycles. The highest BCUT2D eigenvalue weighted by Gasteiger charge is 2.21. The van der Waals surface area contributed by atoms with Gasteiger partial charge in [0.05, 0.1) is 5.69 Å². The summed E-state index contributed by atoms with van der Waals surface area (Å²) in [5, 5.41) is 3.25. The Morgan fingerprint density at radius 2 is 1.75 bits per heavy atom. The second kappa shape index (κ2) is 11.4. The Morgan fingerprint density at radius 3 is 2.39 bits per heavy atom. The number of aromatic nitrogens is 1. The number of likely N-dealkylation sites (N-methyl/N-ethyl adjacent to an activating group) is 1. The van der Waals surface area contributed by atoms with Crippen LogP contribution < -0.4 is 20.3 Å². The number of fused-ring (bicyclic) bond motifs is 1. The average Bonchev–Trinajstić information content (AvgIpc) is 2.85. The largest absolute Gasteiger partial charge is 0.492 e. The number of hydrogen-bond donors (Lipinski definition) is 1. The van der Waals surface area contributed by atoms with E-state index in [-0.39, 0.29) is 11.3 Å². The number of hydrogen-bond acceptors (Lipinski definition) is 6. The van der Waals surface area contributed by atoms with Crippen molar-refractivity contribution in [1.82, 2.24) is 9.47 Å². The van der Waals surface area contributed by atoms with Crippen LogP contribution in [-0.4, -0.2) is 56.2 Å². The SMILES string of the molecule is CCOC1C=Cc2cc(-c3ccc(OCCN(C)C)cc3)c(=O)n(-c3ccc(OC(F)F)cc3)c2N1. The van der Waals surface area contributed by atoms with Gasteiger partial charge in [0.25, 0.3) is 5.56 Å². The van der Waals surface area contributed by atoms with Gasteiger partial charge in [-0.2, -0.15) is 8.78 Å². The summed E-state index contributed by atoms with van der Waals surface area (Å²) in [6.07, 6.45) is 3.38. The Morgan fingerprint density at radius 1 is 1.06 bits per heavy atom. The van der Waals surface area contributed by atoms with Crippen LogP contribution in [0, 0.1) is 0 Å². The van der Waals surface area contributed by atoms with Crippen LogP contribution in [0.5, 0.6) is 11.5 Å². The number of ether oxygens (including phenoxy) is 3. The summed E-state index contributed by atoms with van der Waals surface area (Å²) in [5.41, 5.74) is 2.24. The van der Waals surface area contributed by atoms with E-state index in [0.29, 0.717) is 30.3 Å². The zero-order valence-electron chi connectivity index (χ0n) is 20.4. The van der Waals surface area contributed by atoms with E-state index in [0.717, 1.165) is 23.4 Å². The Bertz CT molecular complexity index is 1260. The van der Waals surface area contributed by atoms with Crippen molar-refractivity contribution in [2.45, 2.75) is 19.8 Å². The number of benzene rings is 2. The number of anilines is 1. The highest BCUT2D eigenvalue weighted by molar-refractivity contribution is 5.76. The zero-order valence-corrected chi connectivity index (χ0v) is 20.4. The number of rotatable bonds is 10. The fraction of sp³-hybridized carbons (Fsp3) is 0.296. The summed E-state index contributed by atoms with van der Waals surface area (Å²) in [6, 6.07) is 15.2. The molecule has 0 aliphatic carbocycles. The fourth-order valence-electron chi connectivity index (χ4n) is 3.87. The van der Waals surface area contributed by atoms with E-state index in [1.807, 2.05) is 68.4 Å². The van der Waals surface area contributed by atoms with Crippen molar-refractivity contribution < 1.29 is 23.0 Å². The molecule has 3 aromatic rings. The van der Waals surface area contributed by atoms with Crippen molar-refractivity contribution in [3.05, 3.63) is 76.6 Å². The molecule has 0 bridgehead atoms. The molecule has 4 rings (SSSR count). The molecule has 1 aromatic heterocycles. The van der Waals surface area contributed by atoms with Crippen LogP contribution in [0.1, 0.15) is 12.5 Å². The third kappa shape index (κ3) is 5.92. The number of halogens is 2. The Labute approximate surface area is 208 Å². The predicted molar refractivity (Wildman–Crippen MR) is 136 cm³/mol. The molecule has 1 unspecified atom stereocenters. The number of pyridine rings is 1. The van der Waals surface area contributed by atoms with E-state index in [4.69, 9.17) is 9.47 Å². The highest BCUT2D eigenvalue weighted by atomic mass is 19.3. The standard InChI is InChI=1S/C27H29F2N3O4/c1-4-34-24-14-7-19-17-23(18-5-10-21(11-6-18)35-16-15-31(2)3)26(33)32(25(19)30-24)20-8-12-22(13-9-20)36-27(28)29/h5-14,17,24,27,30H,4,15-16H2,1-3H3. The van der Waals surface area contributed by atoms with E-state index in [2.05, 4.69) is 10.1 Å². The van der Waals surface area contributed by atoms with Gasteiger partial charge < -0.3 is 24.4 Å². The minimum absolute atomic E-state index is 0.0109. The quantitative estimate of drug-likeness (QED) is 0.432. The van der Waals surface area contributed by atoms with Gasteiger partial charge in [-0.25, -0.2) is 0 Å². The lowest BCUT2D eigenvalue weighted by atomic mass is 10.0. The average molecular weight is 498 g/mol. The van der Waals surface area contributed by atoms with Gasteiger partial charge in [-0.05, 0) is 75.1 Å². The third-order valence-corrected chi connectivity index (χ3v) is 5.60. The molecule has 9 heteroatoms. The Balaban J connectivity index is 1.74. The molecule has 1 aliphatic heterocycles. The first-order chi connectivity index (χ1) is 17.4. The van der Waals surface area contributed by atoms with Gasteiger partial charge in [0.2, 0.25) is 0 Å². The molecule has 2 aromatic carbocycles. The summed E-state index contributed by atoms with van der Waals surface area (Å²) >= 11 is 0. The summed E-state index contributed by atoms with van der Waals surface area (Å²) < 4.78 is 42.6. The van der Waals surface area contributed by atoms with E-state index in [9.17, 15) is 13.6 Å². The molecule has 36 heavy (non-hydrogen) atoms. The minimum atomic E-state index is -2.93. The molecular formula is C27H29F2N3O4. The molecule has 7 nitrogen and oxygen atoms in total. The summed E-state index contributed by atoms with van der Waals surface area (Å²) in [4.78, 5) is 15.8. The summed E-state index contributed by atoms with van der Waals surface area (Å²) in [7, 11) is 3.96. The minimum Gasteiger partial charge on any atom is -0.492 e. The lowest BCUT2D eigenvalue weighted by Crippen LogP contribution is -2.31. The Hall–Kier alpha value is -3.69. The molecule has 0 saturated heterocycles. The predicted octanol–water partition coefficient (Wildman–Crippen LogP) is 4.85. The van der Waals surface area contributed by atoms with Crippen molar-refractivity contribution in [3.8, 4) is 28.3 Å². The maximum absolute atomic E-state index is 13.8. The van der Waals surface area contributed by atoms with Gasteiger partial charge in [0.1, 0.15) is 30.2 Å². The van der Waals surface area contributed by atoms with Crippen LogP contribution in [0.3, 0.4) is 0 Å². The monoisotopic (exact) mass is 497 g/mol. The maximum atomic E-state index is 13.8. The van der Waals surface area contributed by atoms with Gasteiger partial charge in [-0.1, -0.05) is 18.2 Å². The molecule has 0 spiro atoms. The normalized spacial score (nSPS) is 14.6. The van der Waals surface area contributed by atoms with Crippen LogP contribution in [-0.2, 0) is 4.74 Å². The van der Waals surface area contributed by atoms with Crippen LogP contribution in [0.15, 0.2) is 65.5 Å². The topological polar surface area (TPSA) is 65.0 Å². The molecule has 0 amide bonds. The number of alkyl halides is 2. The molecule has 0 fully saturated rings. The molecule has 1 aliphatic rings. The Kier molecular flexibility index (Phi) is 8.02. The second-order valence-corrected chi connectivity index (χ2v) is 8.43. The highest BCUT2D eigenvalue weighted by Crippen LogP contribution is 2.30. The fourth-order valence-corrected chi connectivity index (χ4v) is 3.87. The first kappa shape index (κ1) is 25.4. The first-order valence-electron chi connectivity index (χ1n) is 11.7. The van der Waals surface area contributed by atoms with E-state index < -0.39 is 12.8 Å². The van der Waals surface area contributed by atoms with Crippen LogP contribution in [0.2, 0.25) is 0 Å². The van der Waals surface area contributed by atoms with E-state index in [1.165, 1.54) is 16.7 Å². The van der Waals surface area contributed by atoms with Gasteiger partial charge in [0.15, 0.2) is 0 Å². The number of nitrogens with zero attached hydrogens (tertiary/aromatic N) is 2. The lowest BCUT2D eigenvalue weighted by molar-refractivity contribution is -0.0498. The third-order valence-electron chi connectivity index (χ3n) is 5.60. The van der Waals surface area contributed by atoms with E-state index in [1.54, 1.807) is 12.1 Å². The van der Waals surface area contributed by atoms with Crippen molar-refractivity contribution >= 4 is 11.9 Å². The van der Waals surface area contributed by atoms with Crippen molar-refractivity contribution in [3.63, 3.8) is 0 Å². The van der Waals surface area contributed by atoms with Gasteiger partial charge in [-0.15, -0.1) is 0 Å². The zero-order chi connectivity index (χ0) is 25.7. The summed E-state index contributed by atoms with van der Waals surface area (Å²) in [5.74, 6) is 1.28. The van der Waals surface area contributed by atoms with Crippen LogP contribution >= 0.6 is 0 Å². The van der Waals surface area contributed by atoms with Gasteiger partial charge >= 0.3 is 6.61 Å². The molecule has 1 atom stereocenters. The number of nitrogens with one attached hydrogen (secondary N) is 1. The molecular weight excluding hydrogens is 468 g/mol. The van der Waals surface area contributed by atoms with E-state index >= 15 is 0 Å². The lowest BCUT2D eigenvalue weighted by Gasteiger charge is -2.26. The smallest absolute Gasteiger partial charge is 0.387 e. The van der Waals surface area contributed by atoms with Crippen LogP contribution in [0.25, 0.3) is 22.9 Å². The summed E-state index contributed by atoms with van der Waals surface area (Å²) in [6.45, 7) is 0.795. The van der Waals surface area contributed by atoms with Crippen molar-refractivity contribution in [1.29, 1.82) is 0 Å². The van der Waals surface area contributed by atoms with Crippen molar-refractivity contribution in [2.75, 3.05) is 39.2 Å². The van der Waals surface area contributed by atoms with Gasteiger partial charge in [0, 0.05) is 24.3 Å². The molecule has 1 N–H and O–H groups in total.